The second-order valence-electron chi connectivity index (χ2n) is 7.35. The number of pyridine rings is 1. The lowest BCUT2D eigenvalue weighted by molar-refractivity contribution is -0.135. The van der Waals surface area contributed by atoms with Crippen LogP contribution in [0.25, 0.3) is 11.2 Å². The van der Waals surface area contributed by atoms with Crippen LogP contribution in [0.5, 0.6) is 0 Å². The Labute approximate surface area is 174 Å². The number of thioether (sulfide) groups is 1. The smallest absolute Gasteiger partial charge is 0.242 e. The molecule has 3 heterocycles. The maximum absolute atomic E-state index is 14.0. The lowest BCUT2D eigenvalue weighted by Gasteiger charge is -2.35. The molecule has 1 amide bonds. The first-order valence-electron chi connectivity index (χ1n) is 10.1. The molecule has 1 saturated heterocycles. The molecule has 1 aromatic carbocycles. The van der Waals surface area contributed by atoms with E-state index in [-0.39, 0.29) is 18.3 Å². The van der Waals surface area contributed by atoms with Crippen molar-refractivity contribution >= 4 is 28.8 Å². The summed E-state index contributed by atoms with van der Waals surface area (Å²) >= 11 is 1.44. The molecule has 0 N–H and O–H groups in total. The Balaban J connectivity index is 1.59. The molecule has 0 aliphatic carbocycles. The van der Waals surface area contributed by atoms with E-state index in [1.165, 1.54) is 24.2 Å². The maximum atomic E-state index is 14.0. The first kappa shape index (κ1) is 19.9. The van der Waals surface area contributed by atoms with Crippen LogP contribution in [-0.2, 0) is 17.1 Å². The third-order valence-corrected chi connectivity index (χ3v) is 6.52. The highest BCUT2D eigenvalue weighted by Crippen LogP contribution is 2.28. The quantitative estimate of drug-likeness (QED) is 0.553. The van der Waals surface area contributed by atoms with Crippen LogP contribution in [0, 0.1) is 5.82 Å². The van der Waals surface area contributed by atoms with Crippen molar-refractivity contribution in [3.63, 3.8) is 0 Å². The monoisotopic (exact) mass is 412 g/mol. The highest BCUT2D eigenvalue weighted by Gasteiger charge is 2.26. The van der Waals surface area contributed by atoms with Gasteiger partial charge in [0.15, 0.2) is 10.8 Å². The van der Waals surface area contributed by atoms with Gasteiger partial charge in [-0.05, 0) is 49.4 Å². The molecule has 0 radical (unpaired) electrons. The Morgan fingerprint density at radius 3 is 2.93 bits per heavy atom. The Morgan fingerprint density at radius 2 is 2.10 bits per heavy atom. The van der Waals surface area contributed by atoms with E-state index >= 15 is 0 Å². The van der Waals surface area contributed by atoms with Gasteiger partial charge >= 0.3 is 0 Å². The number of hydrogen-bond acceptors (Lipinski definition) is 4. The summed E-state index contributed by atoms with van der Waals surface area (Å²) < 4.78 is 15.9. The lowest BCUT2D eigenvalue weighted by Crippen LogP contribution is -2.44. The van der Waals surface area contributed by atoms with E-state index in [1.54, 1.807) is 18.3 Å². The summed E-state index contributed by atoms with van der Waals surface area (Å²) in [5.74, 6) is 0.330. The Morgan fingerprint density at radius 1 is 1.24 bits per heavy atom. The normalized spacial score (nSPS) is 17.0. The fourth-order valence-corrected chi connectivity index (χ4v) is 4.92. The van der Waals surface area contributed by atoms with Gasteiger partial charge in [-0.3, -0.25) is 9.36 Å². The summed E-state index contributed by atoms with van der Waals surface area (Å²) in [4.78, 5) is 24.3. The number of carbonyl (C=O) groups is 1. The van der Waals surface area contributed by atoms with Gasteiger partial charge in [-0.1, -0.05) is 36.9 Å². The second kappa shape index (κ2) is 8.95. The van der Waals surface area contributed by atoms with Crippen LogP contribution >= 0.6 is 11.8 Å². The third kappa shape index (κ3) is 4.29. The van der Waals surface area contributed by atoms with Gasteiger partial charge in [0.2, 0.25) is 5.91 Å². The van der Waals surface area contributed by atoms with Crippen molar-refractivity contribution in [2.24, 2.45) is 0 Å². The zero-order valence-corrected chi connectivity index (χ0v) is 17.4. The van der Waals surface area contributed by atoms with Gasteiger partial charge in [-0.25, -0.2) is 14.4 Å². The minimum absolute atomic E-state index is 0.106. The standard InChI is InChI=1S/C22H25FN4OS/c1-2-17-9-5-6-13-26(17)20(28)14-27-21-19(11-7-12-24-21)25-22(27)29-15-16-8-3-4-10-18(16)23/h3-4,7-8,10-12,17H,2,5-6,9,13-15H2,1H3. The number of piperidine rings is 1. The second-order valence-corrected chi connectivity index (χ2v) is 8.29. The number of benzene rings is 1. The lowest BCUT2D eigenvalue weighted by atomic mass is 10.00. The van der Waals surface area contributed by atoms with E-state index in [9.17, 15) is 9.18 Å². The van der Waals surface area contributed by atoms with Crippen molar-refractivity contribution in [3.05, 3.63) is 54.0 Å². The van der Waals surface area contributed by atoms with Crippen LogP contribution in [0.15, 0.2) is 47.8 Å². The first-order chi connectivity index (χ1) is 14.2. The summed E-state index contributed by atoms with van der Waals surface area (Å²) in [6.07, 6.45) is 6.00. The SMILES string of the molecule is CCC1CCCCN1C(=O)Cn1c(SCc2ccccc2F)nc2cccnc21. The van der Waals surface area contributed by atoms with Crippen LogP contribution in [0.1, 0.15) is 38.2 Å². The predicted molar refractivity (Wildman–Crippen MR) is 113 cm³/mol. The summed E-state index contributed by atoms with van der Waals surface area (Å²) in [5.41, 5.74) is 2.07. The fraction of sp³-hybridized carbons (Fsp3) is 0.409. The number of nitrogens with zero attached hydrogens (tertiary/aromatic N) is 4. The number of rotatable bonds is 6. The average Bonchev–Trinajstić information content (AvgIpc) is 3.10. The molecular formula is C22H25FN4OS. The number of fused-ring (bicyclic) bond motifs is 1. The Kier molecular flexibility index (Phi) is 6.13. The molecule has 1 aliphatic heterocycles. The Bertz CT molecular complexity index is 1010. The molecule has 0 bridgehead atoms. The molecule has 29 heavy (non-hydrogen) atoms. The van der Waals surface area contributed by atoms with Crippen molar-refractivity contribution in [2.45, 2.75) is 56.1 Å². The van der Waals surface area contributed by atoms with Gasteiger partial charge in [-0.15, -0.1) is 0 Å². The number of likely N-dealkylation sites (tertiary alicyclic amines) is 1. The largest absolute Gasteiger partial charge is 0.338 e. The zero-order valence-electron chi connectivity index (χ0n) is 16.6. The summed E-state index contributed by atoms with van der Waals surface area (Å²) in [6.45, 7) is 3.17. The molecule has 5 nitrogen and oxygen atoms in total. The summed E-state index contributed by atoms with van der Waals surface area (Å²) in [7, 11) is 0. The molecule has 4 rings (SSSR count). The minimum Gasteiger partial charge on any atom is -0.338 e. The molecule has 1 fully saturated rings. The molecule has 1 aliphatic rings. The first-order valence-corrected chi connectivity index (χ1v) is 11.1. The highest BCUT2D eigenvalue weighted by molar-refractivity contribution is 7.98. The maximum Gasteiger partial charge on any atom is 0.242 e. The van der Waals surface area contributed by atoms with E-state index in [4.69, 9.17) is 0 Å². The van der Waals surface area contributed by atoms with Crippen molar-refractivity contribution in [2.75, 3.05) is 6.54 Å². The number of imidazole rings is 1. The molecule has 0 saturated carbocycles. The number of aromatic nitrogens is 3. The van der Waals surface area contributed by atoms with E-state index in [0.29, 0.717) is 28.2 Å². The molecule has 3 aromatic rings. The van der Waals surface area contributed by atoms with Gasteiger partial charge in [0.1, 0.15) is 17.9 Å². The van der Waals surface area contributed by atoms with Gasteiger partial charge in [-0.2, -0.15) is 0 Å². The van der Waals surface area contributed by atoms with Crippen LogP contribution in [0.3, 0.4) is 0 Å². The molecule has 152 valence electrons. The Hall–Kier alpha value is -2.41. The summed E-state index contributed by atoms with van der Waals surface area (Å²) in [5, 5.41) is 0.695. The van der Waals surface area contributed by atoms with Gasteiger partial charge in [0, 0.05) is 24.5 Å². The van der Waals surface area contributed by atoms with Gasteiger partial charge in [0.25, 0.3) is 0 Å². The zero-order chi connectivity index (χ0) is 20.2. The predicted octanol–water partition coefficient (Wildman–Crippen LogP) is 4.65. The highest BCUT2D eigenvalue weighted by atomic mass is 32.2. The van der Waals surface area contributed by atoms with Crippen LogP contribution in [-0.4, -0.2) is 37.9 Å². The van der Waals surface area contributed by atoms with Crippen molar-refractivity contribution in [1.82, 2.24) is 19.4 Å². The third-order valence-electron chi connectivity index (χ3n) is 5.50. The number of carbonyl (C=O) groups excluding carboxylic acids is 1. The molecular weight excluding hydrogens is 387 g/mol. The van der Waals surface area contributed by atoms with Gasteiger partial charge in [0.05, 0.1) is 0 Å². The minimum atomic E-state index is -0.226. The number of halogens is 1. The van der Waals surface area contributed by atoms with Crippen molar-refractivity contribution < 1.29 is 9.18 Å². The number of amides is 1. The van der Waals surface area contributed by atoms with Crippen LogP contribution in [0.4, 0.5) is 4.39 Å². The van der Waals surface area contributed by atoms with E-state index in [2.05, 4.69) is 16.9 Å². The van der Waals surface area contributed by atoms with Crippen molar-refractivity contribution in [1.29, 1.82) is 0 Å². The van der Waals surface area contributed by atoms with E-state index < -0.39 is 0 Å². The van der Waals surface area contributed by atoms with Crippen LogP contribution < -0.4 is 0 Å². The molecule has 1 unspecified atom stereocenters. The fourth-order valence-electron chi connectivity index (χ4n) is 3.93. The molecule has 1 atom stereocenters. The number of hydrogen-bond donors (Lipinski definition) is 0. The topological polar surface area (TPSA) is 51.0 Å². The van der Waals surface area contributed by atoms with Gasteiger partial charge < -0.3 is 4.90 Å². The van der Waals surface area contributed by atoms with Crippen LogP contribution in [0.2, 0.25) is 0 Å². The molecule has 0 spiro atoms. The molecule has 7 heteroatoms. The molecule has 2 aromatic heterocycles. The summed E-state index contributed by atoms with van der Waals surface area (Å²) in [6, 6.07) is 10.8. The van der Waals surface area contributed by atoms with E-state index in [0.717, 1.165) is 31.3 Å². The van der Waals surface area contributed by atoms with E-state index in [1.807, 2.05) is 27.7 Å². The van der Waals surface area contributed by atoms with Crippen molar-refractivity contribution in [3.8, 4) is 0 Å². The average molecular weight is 413 g/mol.